The molecule has 0 unspecified atom stereocenters. The van der Waals surface area contributed by atoms with Crippen molar-refractivity contribution in [1.29, 1.82) is 0 Å². The normalized spacial score (nSPS) is 23.6. The first-order valence-electron chi connectivity index (χ1n) is 11.2. The fourth-order valence-corrected chi connectivity index (χ4v) is 5.07. The van der Waals surface area contributed by atoms with E-state index in [2.05, 4.69) is 5.10 Å². The molecule has 2 amide bonds. The first-order valence-corrected chi connectivity index (χ1v) is 11.2. The number of carbonyl (C=O) groups is 4. The van der Waals surface area contributed by atoms with Crippen LogP contribution in [0, 0.1) is 22.0 Å². The molecule has 2 aromatic carbocycles. The zero-order chi connectivity index (χ0) is 26.4. The maximum Gasteiger partial charge on any atom is 0.308 e. The van der Waals surface area contributed by atoms with Crippen molar-refractivity contribution in [3.63, 3.8) is 0 Å². The Kier molecular flexibility index (Phi) is 5.78. The molecule has 12 nitrogen and oxygen atoms in total. The number of hydrazone groups is 1. The van der Waals surface area contributed by atoms with E-state index in [1.165, 1.54) is 61.7 Å². The molecule has 4 atom stereocenters. The van der Waals surface area contributed by atoms with Gasteiger partial charge in [0.2, 0.25) is 11.8 Å². The van der Waals surface area contributed by atoms with Crippen LogP contribution in [0.3, 0.4) is 0 Å². The molecule has 0 saturated carbocycles. The Labute approximate surface area is 209 Å². The summed E-state index contributed by atoms with van der Waals surface area (Å²) < 4.78 is 10.3. The molecule has 0 radical (unpaired) electrons. The van der Waals surface area contributed by atoms with Gasteiger partial charge in [-0.05, 0) is 36.4 Å². The molecule has 12 heteroatoms. The topological polar surface area (TPSA) is 149 Å². The minimum atomic E-state index is -1.11. The van der Waals surface area contributed by atoms with Crippen LogP contribution in [-0.2, 0) is 14.4 Å². The van der Waals surface area contributed by atoms with Crippen molar-refractivity contribution in [2.45, 2.75) is 19.0 Å². The summed E-state index contributed by atoms with van der Waals surface area (Å²) in [6.07, 6.45) is 4.80. The number of nitro benzene ring substituents is 1. The quantitative estimate of drug-likeness (QED) is 0.144. The minimum Gasteiger partial charge on any atom is -0.495 e. The van der Waals surface area contributed by atoms with Gasteiger partial charge in [-0.15, -0.1) is 0 Å². The lowest BCUT2D eigenvalue weighted by Crippen LogP contribution is -2.46. The number of non-ortho nitro benzene ring substituents is 1. The lowest BCUT2D eigenvalue weighted by Gasteiger charge is -2.30. The van der Waals surface area contributed by atoms with Crippen molar-refractivity contribution in [2.24, 2.45) is 16.9 Å². The van der Waals surface area contributed by atoms with Gasteiger partial charge in [-0.3, -0.25) is 34.3 Å². The summed E-state index contributed by atoms with van der Waals surface area (Å²) in [6.45, 7) is 1.25. The second-order valence-electron chi connectivity index (χ2n) is 8.62. The number of esters is 1. The molecule has 0 bridgehead atoms. The smallest absolute Gasteiger partial charge is 0.308 e. The first-order chi connectivity index (χ1) is 17.7. The van der Waals surface area contributed by atoms with E-state index in [9.17, 15) is 29.3 Å². The monoisotopic (exact) mass is 504 g/mol. The molecule has 2 aromatic rings. The Hall–Kier alpha value is -4.87. The number of ether oxygens (including phenoxy) is 2. The summed E-state index contributed by atoms with van der Waals surface area (Å²) in [5, 5.41) is 17.1. The van der Waals surface area contributed by atoms with E-state index in [4.69, 9.17) is 9.47 Å². The van der Waals surface area contributed by atoms with Crippen LogP contribution in [0.15, 0.2) is 59.7 Å². The highest BCUT2D eigenvalue weighted by molar-refractivity contribution is 6.25. The molecule has 0 N–H and O–H groups in total. The van der Waals surface area contributed by atoms with E-state index in [-0.39, 0.29) is 28.4 Å². The third-order valence-corrected chi connectivity index (χ3v) is 6.57. The van der Waals surface area contributed by atoms with Gasteiger partial charge in [-0.25, -0.2) is 4.90 Å². The number of hydrogen-bond acceptors (Lipinski definition) is 10. The number of fused-ring (bicyclic) bond motifs is 3. The number of Topliss-reactive ketones (excluding diaryl/α,β-unsaturated/α-hetero) is 1. The minimum absolute atomic E-state index is 0.0622. The number of benzene rings is 2. The predicted molar refractivity (Wildman–Crippen MR) is 128 cm³/mol. The molecule has 3 aliphatic rings. The van der Waals surface area contributed by atoms with Crippen LogP contribution in [-0.4, -0.2) is 58.9 Å². The number of anilines is 1. The number of ketones is 1. The molecular weight excluding hydrogens is 484 g/mol. The summed E-state index contributed by atoms with van der Waals surface area (Å²) >= 11 is 0. The standard InChI is InChI=1S/C25H20N4O8/c1-13(30)37-16-8-5-14(6-9-16)23(31)22-21-20(17-4-3-11-26-28(17)22)24(32)27(25(21)33)18-12-15(29(34)35)7-10-19(18)36-2/h3-12,17,20-22H,1-2H3/t17-,20-,21-,22+/m1/s1. The van der Waals surface area contributed by atoms with Gasteiger partial charge in [0, 0.05) is 30.8 Å². The highest BCUT2D eigenvalue weighted by Crippen LogP contribution is 2.48. The number of allylic oxidation sites excluding steroid dienone is 1. The zero-order valence-corrected chi connectivity index (χ0v) is 19.6. The van der Waals surface area contributed by atoms with E-state index in [0.29, 0.717) is 0 Å². The highest BCUT2D eigenvalue weighted by atomic mass is 16.6. The molecule has 37 heavy (non-hydrogen) atoms. The van der Waals surface area contributed by atoms with Crippen molar-refractivity contribution < 1.29 is 33.6 Å². The number of rotatable bonds is 6. The van der Waals surface area contributed by atoms with Crippen molar-refractivity contribution in [3.05, 3.63) is 70.3 Å². The summed E-state index contributed by atoms with van der Waals surface area (Å²) in [7, 11) is 1.32. The van der Waals surface area contributed by atoms with Gasteiger partial charge in [0.05, 0.1) is 29.9 Å². The zero-order valence-electron chi connectivity index (χ0n) is 19.6. The molecule has 0 aliphatic carbocycles. The second-order valence-corrected chi connectivity index (χ2v) is 8.62. The maximum absolute atomic E-state index is 13.8. The maximum atomic E-state index is 13.8. The Morgan fingerprint density at radius 1 is 1.05 bits per heavy atom. The van der Waals surface area contributed by atoms with Gasteiger partial charge in [0.25, 0.3) is 5.69 Å². The molecule has 2 saturated heterocycles. The van der Waals surface area contributed by atoms with Gasteiger partial charge < -0.3 is 9.47 Å². The molecule has 3 heterocycles. The van der Waals surface area contributed by atoms with Crippen molar-refractivity contribution in [2.75, 3.05) is 12.0 Å². The summed E-state index contributed by atoms with van der Waals surface area (Å²) in [5.74, 6) is -3.93. The van der Waals surface area contributed by atoms with Crippen LogP contribution in [0.5, 0.6) is 11.5 Å². The molecule has 0 aromatic heterocycles. The van der Waals surface area contributed by atoms with Gasteiger partial charge in [-0.2, -0.15) is 5.10 Å². The Morgan fingerprint density at radius 3 is 2.41 bits per heavy atom. The lowest BCUT2D eigenvalue weighted by atomic mass is 9.86. The Balaban J connectivity index is 1.55. The summed E-state index contributed by atoms with van der Waals surface area (Å²) in [5.41, 5.74) is -0.151. The van der Waals surface area contributed by atoms with Crippen LogP contribution in [0.25, 0.3) is 0 Å². The number of nitrogens with zero attached hydrogens (tertiary/aromatic N) is 4. The van der Waals surface area contributed by atoms with Gasteiger partial charge in [0.15, 0.2) is 5.78 Å². The van der Waals surface area contributed by atoms with Gasteiger partial charge >= 0.3 is 5.97 Å². The fourth-order valence-electron chi connectivity index (χ4n) is 5.07. The SMILES string of the molecule is COc1ccc([N+](=O)[O-])cc1N1C(=O)[C@@H]2[C@H](C1=O)[C@H]1C=CC=NN1[C@@H]2C(=O)c1ccc(OC(C)=O)cc1. The van der Waals surface area contributed by atoms with Crippen molar-refractivity contribution in [1.82, 2.24) is 5.01 Å². The van der Waals surface area contributed by atoms with Crippen LogP contribution in [0.4, 0.5) is 11.4 Å². The third kappa shape index (κ3) is 3.82. The average molecular weight is 504 g/mol. The summed E-state index contributed by atoms with van der Waals surface area (Å²) in [6, 6.07) is 7.70. The number of methoxy groups -OCH3 is 1. The number of imide groups is 1. The van der Waals surface area contributed by atoms with E-state index < -0.39 is 52.4 Å². The van der Waals surface area contributed by atoms with E-state index in [1.54, 1.807) is 12.2 Å². The van der Waals surface area contributed by atoms with E-state index in [1.807, 2.05) is 0 Å². The molecule has 3 aliphatic heterocycles. The Bertz CT molecular complexity index is 1400. The molecule has 2 fully saturated rings. The van der Waals surface area contributed by atoms with Crippen molar-refractivity contribution in [3.8, 4) is 11.5 Å². The average Bonchev–Trinajstić information content (AvgIpc) is 3.35. The largest absolute Gasteiger partial charge is 0.495 e. The van der Waals surface area contributed by atoms with Crippen LogP contribution < -0.4 is 14.4 Å². The lowest BCUT2D eigenvalue weighted by molar-refractivity contribution is -0.384. The predicted octanol–water partition coefficient (Wildman–Crippen LogP) is 2.13. The second kappa shape index (κ2) is 8.97. The van der Waals surface area contributed by atoms with E-state index in [0.717, 1.165) is 11.0 Å². The molecule has 5 rings (SSSR count). The van der Waals surface area contributed by atoms with Crippen LogP contribution >= 0.6 is 0 Å². The van der Waals surface area contributed by atoms with E-state index >= 15 is 0 Å². The number of hydrogen-bond donors (Lipinski definition) is 0. The van der Waals surface area contributed by atoms with Crippen LogP contribution in [0.1, 0.15) is 17.3 Å². The number of carbonyl (C=O) groups excluding carboxylic acids is 4. The first kappa shape index (κ1) is 23.9. The molecule has 0 spiro atoms. The van der Waals surface area contributed by atoms with Gasteiger partial charge in [0.1, 0.15) is 23.2 Å². The van der Waals surface area contributed by atoms with Crippen molar-refractivity contribution >= 4 is 41.2 Å². The fraction of sp³-hybridized carbons (Fsp3) is 0.240. The molecular formula is C25H20N4O8. The summed E-state index contributed by atoms with van der Waals surface area (Å²) in [4.78, 5) is 63.9. The third-order valence-electron chi connectivity index (χ3n) is 6.57. The van der Waals surface area contributed by atoms with Gasteiger partial charge in [-0.1, -0.05) is 6.08 Å². The highest BCUT2D eigenvalue weighted by Gasteiger charge is 2.64. The number of amides is 2. The Morgan fingerprint density at radius 2 is 1.76 bits per heavy atom. The van der Waals surface area contributed by atoms with Crippen LogP contribution in [0.2, 0.25) is 0 Å². The molecule has 188 valence electrons. The number of nitro groups is 1.